The number of amides is 3. The first kappa shape index (κ1) is 33.2. The van der Waals surface area contributed by atoms with E-state index >= 15 is 0 Å². The van der Waals surface area contributed by atoms with E-state index < -0.39 is 24.5 Å². The number of aromatic carboxylic acids is 1. The van der Waals surface area contributed by atoms with E-state index in [-0.39, 0.29) is 30.0 Å². The lowest BCUT2D eigenvalue weighted by Gasteiger charge is -2.36. The molecule has 15 heteroatoms. The Balaban J connectivity index is 0.000000303. The lowest BCUT2D eigenvalue weighted by molar-refractivity contribution is -0.134. The van der Waals surface area contributed by atoms with Gasteiger partial charge in [-0.25, -0.2) is 14.0 Å². The molecule has 2 aliphatic rings. The minimum absolute atomic E-state index is 0.0965. The number of halogens is 1. The molecule has 2 saturated heterocycles. The summed E-state index contributed by atoms with van der Waals surface area (Å²) >= 11 is 5.11. The topological polar surface area (TPSA) is 178 Å². The van der Waals surface area contributed by atoms with Crippen molar-refractivity contribution in [2.45, 2.75) is 19.4 Å². The van der Waals surface area contributed by atoms with Gasteiger partial charge in [0.15, 0.2) is 0 Å². The van der Waals surface area contributed by atoms with Crippen LogP contribution in [0.1, 0.15) is 23.7 Å². The summed E-state index contributed by atoms with van der Waals surface area (Å²) in [6.07, 6.45) is -0.149. The summed E-state index contributed by atoms with van der Waals surface area (Å²) in [5.41, 5.74) is 6.66. The third-order valence-corrected chi connectivity index (χ3v) is 7.11. The minimum atomic E-state index is -0.998. The van der Waals surface area contributed by atoms with Gasteiger partial charge in [0.2, 0.25) is 11.8 Å². The molecule has 232 valence electrons. The van der Waals surface area contributed by atoms with Crippen LogP contribution >= 0.6 is 12.2 Å². The van der Waals surface area contributed by atoms with Crippen molar-refractivity contribution in [2.24, 2.45) is 5.73 Å². The van der Waals surface area contributed by atoms with Crippen LogP contribution in [0.3, 0.4) is 0 Å². The predicted octanol–water partition coefficient (Wildman–Crippen LogP) is 1.40. The highest BCUT2D eigenvalue weighted by Crippen LogP contribution is 2.28. The fourth-order valence-electron chi connectivity index (χ4n) is 4.32. The van der Waals surface area contributed by atoms with E-state index in [4.69, 9.17) is 32.9 Å². The van der Waals surface area contributed by atoms with Crippen LogP contribution in [-0.4, -0.2) is 103 Å². The van der Waals surface area contributed by atoms with Crippen LogP contribution in [0, 0.1) is 5.82 Å². The fourth-order valence-corrected chi connectivity index (χ4v) is 4.40. The van der Waals surface area contributed by atoms with Crippen LogP contribution in [0.25, 0.3) is 0 Å². The van der Waals surface area contributed by atoms with E-state index in [9.17, 15) is 23.6 Å². The number of carbonyl (C=O) groups excluding carboxylic acids is 3. The van der Waals surface area contributed by atoms with Gasteiger partial charge in [0.1, 0.15) is 18.5 Å². The third kappa shape index (κ3) is 9.33. The van der Waals surface area contributed by atoms with Crippen LogP contribution in [-0.2, 0) is 14.3 Å². The Morgan fingerprint density at radius 1 is 1.12 bits per heavy atom. The lowest BCUT2D eigenvalue weighted by atomic mass is 10.2. The van der Waals surface area contributed by atoms with Gasteiger partial charge in [-0.05, 0) is 48.9 Å². The number of carboxylic acid groups (broad SMARTS) is 1. The molecular weight excluding hydrogens is 583 g/mol. The van der Waals surface area contributed by atoms with Crippen LogP contribution < -0.4 is 26.2 Å². The van der Waals surface area contributed by atoms with E-state index in [1.807, 2.05) is 11.8 Å². The Morgan fingerprint density at radius 2 is 1.79 bits per heavy atom. The zero-order valence-corrected chi connectivity index (χ0v) is 24.4. The number of carboxylic acids is 1. The molecule has 0 radical (unpaired) electrons. The highest BCUT2D eigenvalue weighted by Gasteiger charge is 2.33. The Hall–Kier alpha value is -4.34. The molecular formula is C28H35FN6O7S. The number of thiocarbonyl (C=S) groups is 1. The van der Waals surface area contributed by atoms with E-state index in [1.165, 1.54) is 35.2 Å². The summed E-state index contributed by atoms with van der Waals surface area (Å²) in [4.78, 5) is 50.6. The maximum atomic E-state index is 14.8. The summed E-state index contributed by atoms with van der Waals surface area (Å²) in [5, 5.41) is 23.1. The van der Waals surface area contributed by atoms with Gasteiger partial charge in [-0.15, -0.1) is 0 Å². The number of nitrogens with two attached hydrogens (primary N) is 1. The normalized spacial score (nSPS) is 16.1. The third-order valence-electron chi connectivity index (χ3n) is 6.67. The second-order valence-electron chi connectivity index (χ2n) is 9.57. The number of nitrogens with zero attached hydrogens (tertiary/aromatic N) is 3. The molecule has 0 aromatic heterocycles. The van der Waals surface area contributed by atoms with E-state index in [0.29, 0.717) is 61.3 Å². The van der Waals surface area contributed by atoms with Crippen molar-refractivity contribution in [3.05, 3.63) is 53.8 Å². The molecule has 0 spiro atoms. The first-order valence-corrected chi connectivity index (χ1v) is 14.0. The van der Waals surface area contributed by atoms with Crippen molar-refractivity contribution in [1.29, 1.82) is 0 Å². The summed E-state index contributed by atoms with van der Waals surface area (Å²) in [6, 6.07) is 10.5. The molecule has 2 aliphatic heterocycles. The summed E-state index contributed by atoms with van der Waals surface area (Å²) in [5.74, 6) is -2.07. The fraction of sp³-hybridized carbons (Fsp3) is 0.393. The van der Waals surface area contributed by atoms with Crippen molar-refractivity contribution in [3.8, 4) is 0 Å². The molecule has 13 nitrogen and oxygen atoms in total. The molecule has 0 bridgehead atoms. The maximum absolute atomic E-state index is 14.8. The Labute approximate surface area is 253 Å². The van der Waals surface area contributed by atoms with Gasteiger partial charge in [-0.3, -0.25) is 14.5 Å². The lowest BCUT2D eigenvalue weighted by Crippen LogP contribution is -2.49. The Bertz CT molecular complexity index is 1320. The molecule has 6 N–H and O–H groups in total. The molecule has 2 aromatic carbocycles. The Kier molecular flexibility index (Phi) is 12.2. The average molecular weight is 619 g/mol. The molecule has 2 heterocycles. The second kappa shape index (κ2) is 15.8. The monoisotopic (exact) mass is 618 g/mol. The van der Waals surface area contributed by atoms with Crippen LogP contribution in [0.15, 0.2) is 42.5 Å². The number of ether oxygens (including phenoxy) is 1. The number of hydrogen-bond donors (Lipinski definition) is 5. The number of carbonyl (C=O) groups is 4. The van der Waals surface area contributed by atoms with Crippen molar-refractivity contribution < 1.29 is 38.5 Å². The number of piperazine rings is 1. The number of benzene rings is 2. The molecule has 1 atom stereocenters. The molecule has 4 rings (SSSR count). The molecule has 0 aliphatic carbocycles. The zero-order chi connectivity index (χ0) is 31.5. The van der Waals surface area contributed by atoms with Gasteiger partial charge < -0.3 is 41.1 Å². The van der Waals surface area contributed by atoms with E-state index in [2.05, 4.69) is 10.6 Å². The number of anilines is 3. The number of hydrogen-bond acceptors (Lipinski definition) is 9. The zero-order valence-electron chi connectivity index (χ0n) is 23.6. The standard InChI is InChI=1S/C19H25FN4O4S.C9H10N2O3/c1-2-17(29)21-10-14-11-24(19(27)28-14)13-3-4-16(15(20)9-13)22-5-7-23(8-6-22)18(26)12-25;10-5-8(12)11-7-3-1-6(2-4-7)9(13)14/h3-4,9,14,25H,2,5-8,10-12H2,1H3,(H,21,29);1-4H,5,10H2,(H,11,12)(H,13,14)/t14-;/m0./s1. The van der Waals surface area contributed by atoms with Crippen molar-refractivity contribution in [1.82, 2.24) is 10.2 Å². The number of cyclic esters (lactones) is 1. The number of rotatable bonds is 9. The van der Waals surface area contributed by atoms with Crippen molar-refractivity contribution in [2.75, 3.05) is 67.5 Å². The van der Waals surface area contributed by atoms with Gasteiger partial charge in [0, 0.05) is 31.9 Å². The Morgan fingerprint density at radius 3 is 2.35 bits per heavy atom. The molecule has 3 amide bonds. The first-order valence-electron chi connectivity index (χ1n) is 13.6. The van der Waals surface area contributed by atoms with Gasteiger partial charge in [0.25, 0.3) is 0 Å². The van der Waals surface area contributed by atoms with E-state index in [0.717, 1.165) is 6.42 Å². The van der Waals surface area contributed by atoms with Crippen molar-refractivity contribution >= 4 is 58.1 Å². The molecule has 2 aromatic rings. The largest absolute Gasteiger partial charge is 0.478 e. The van der Waals surface area contributed by atoms with Gasteiger partial charge in [-0.2, -0.15) is 0 Å². The summed E-state index contributed by atoms with van der Waals surface area (Å²) < 4.78 is 20.1. The highest BCUT2D eigenvalue weighted by atomic mass is 32.1. The summed E-state index contributed by atoms with van der Waals surface area (Å²) in [7, 11) is 0. The highest BCUT2D eigenvalue weighted by molar-refractivity contribution is 7.80. The van der Waals surface area contributed by atoms with Crippen LogP contribution in [0.2, 0.25) is 0 Å². The molecule has 0 saturated carbocycles. The van der Waals surface area contributed by atoms with Crippen LogP contribution in [0.4, 0.5) is 26.2 Å². The van der Waals surface area contributed by atoms with Gasteiger partial charge >= 0.3 is 12.1 Å². The maximum Gasteiger partial charge on any atom is 0.414 e. The van der Waals surface area contributed by atoms with Gasteiger partial charge in [0.05, 0.1) is 41.6 Å². The quantitative estimate of drug-likeness (QED) is 0.257. The number of aliphatic hydroxyl groups excluding tert-OH is 1. The average Bonchev–Trinajstić information content (AvgIpc) is 3.40. The van der Waals surface area contributed by atoms with Crippen molar-refractivity contribution in [3.63, 3.8) is 0 Å². The minimum Gasteiger partial charge on any atom is -0.478 e. The SMILES string of the molecule is CCC(=S)NC[C@H]1CN(c2ccc(N3CCN(C(=O)CO)CC3)c(F)c2)C(=O)O1.NCC(=O)Nc1ccc(C(=O)O)cc1. The number of aliphatic hydroxyl groups is 1. The summed E-state index contributed by atoms with van der Waals surface area (Å²) in [6.45, 7) is 3.86. The van der Waals surface area contributed by atoms with Gasteiger partial charge in [-0.1, -0.05) is 19.1 Å². The smallest absolute Gasteiger partial charge is 0.414 e. The number of nitrogens with one attached hydrogen (secondary N) is 2. The van der Waals surface area contributed by atoms with E-state index in [1.54, 1.807) is 17.0 Å². The molecule has 43 heavy (non-hydrogen) atoms. The molecule has 0 unspecified atom stereocenters. The first-order chi connectivity index (χ1) is 20.6. The van der Waals surface area contributed by atoms with Crippen LogP contribution in [0.5, 0.6) is 0 Å². The second-order valence-corrected chi connectivity index (χ2v) is 10.1. The molecule has 2 fully saturated rings. The predicted molar refractivity (Wildman–Crippen MR) is 162 cm³/mol.